The lowest BCUT2D eigenvalue weighted by molar-refractivity contribution is -0.127. The first-order valence-corrected chi connectivity index (χ1v) is 10.1. The summed E-state index contributed by atoms with van der Waals surface area (Å²) in [6.45, 7) is 5.19. The van der Waals surface area contributed by atoms with Crippen molar-refractivity contribution in [2.45, 2.75) is 32.1 Å². The van der Waals surface area contributed by atoms with Crippen LogP contribution in [0, 0.1) is 6.92 Å². The quantitative estimate of drug-likeness (QED) is 0.464. The van der Waals surface area contributed by atoms with Crippen molar-refractivity contribution in [2.24, 2.45) is 0 Å². The number of hydrogen-bond acceptors (Lipinski definition) is 6. The SMILES string of the molecule is CCn1c2ccccc2c2nnc(SCC(=O)N(C)Cc3ccc(C)o3)nc21. The van der Waals surface area contributed by atoms with Crippen molar-refractivity contribution in [1.29, 1.82) is 0 Å². The van der Waals surface area contributed by atoms with Crippen LogP contribution in [0.2, 0.25) is 0 Å². The molecular formula is C20H21N5O2S. The number of furan rings is 1. The standard InChI is InChI=1S/C20H21N5O2S/c1-4-25-16-8-6-5-7-15(16)18-19(25)21-20(23-22-18)28-12-17(26)24(3)11-14-10-9-13(2)27-14/h5-10H,4,11-12H2,1-3H3. The molecule has 0 atom stereocenters. The lowest BCUT2D eigenvalue weighted by Gasteiger charge is -2.15. The zero-order valence-corrected chi connectivity index (χ0v) is 16.9. The third kappa shape index (κ3) is 3.47. The second-order valence-corrected chi connectivity index (χ2v) is 7.52. The molecule has 7 nitrogen and oxygen atoms in total. The Morgan fingerprint density at radius 3 is 2.79 bits per heavy atom. The number of hydrogen-bond donors (Lipinski definition) is 0. The lowest BCUT2D eigenvalue weighted by atomic mass is 10.2. The normalized spacial score (nSPS) is 11.4. The van der Waals surface area contributed by atoms with Crippen LogP contribution < -0.4 is 0 Å². The number of carbonyl (C=O) groups is 1. The van der Waals surface area contributed by atoms with Gasteiger partial charge in [-0.15, -0.1) is 10.2 Å². The summed E-state index contributed by atoms with van der Waals surface area (Å²) >= 11 is 1.30. The van der Waals surface area contributed by atoms with Gasteiger partial charge in [0.2, 0.25) is 11.1 Å². The van der Waals surface area contributed by atoms with E-state index in [1.807, 2.05) is 37.3 Å². The molecule has 0 radical (unpaired) electrons. The van der Waals surface area contributed by atoms with Gasteiger partial charge in [-0.1, -0.05) is 30.0 Å². The minimum Gasteiger partial charge on any atom is -0.464 e. The third-order valence-electron chi connectivity index (χ3n) is 4.61. The summed E-state index contributed by atoms with van der Waals surface area (Å²) in [6.07, 6.45) is 0. The number of benzene rings is 1. The van der Waals surface area contributed by atoms with Crippen molar-refractivity contribution in [1.82, 2.24) is 24.6 Å². The van der Waals surface area contributed by atoms with Crippen LogP contribution in [-0.2, 0) is 17.9 Å². The molecule has 0 fully saturated rings. The van der Waals surface area contributed by atoms with Crippen LogP contribution in [-0.4, -0.2) is 43.4 Å². The van der Waals surface area contributed by atoms with E-state index in [1.54, 1.807) is 11.9 Å². The van der Waals surface area contributed by atoms with Gasteiger partial charge in [-0.05, 0) is 32.0 Å². The van der Waals surface area contributed by atoms with Gasteiger partial charge in [0.25, 0.3) is 0 Å². The summed E-state index contributed by atoms with van der Waals surface area (Å²) in [5.74, 6) is 1.84. The Hall–Kier alpha value is -2.87. The molecule has 0 bridgehead atoms. The van der Waals surface area contributed by atoms with Gasteiger partial charge >= 0.3 is 0 Å². The second-order valence-electron chi connectivity index (χ2n) is 6.58. The van der Waals surface area contributed by atoms with E-state index in [1.165, 1.54) is 11.8 Å². The Balaban J connectivity index is 1.50. The first kappa shape index (κ1) is 18.5. The summed E-state index contributed by atoms with van der Waals surface area (Å²) in [7, 11) is 1.76. The molecule has 0 aliphatic rings. The number of fused-ring (bicyclic) bond motifs is 3. The van der Waals surface area contributed by atoms with E-state index in [2.05, 4.69) is 32.7 Å². The average molecular weight is 395 g/mol. The summed E-state index contributed by atoms with van der Waals surface area (Å²) in [6, 6.07) is 11.9. The number of rotatable bonds is 6. The van der Waals surface area contributed by atoms with Gasteiger partial charge in [-0.2, -0.15) is 0 Å². The molecule has 0 aliphatic carbocycles. The molecule has 0 saturated heterocycles. The lowest BCUT2D eigenvalue weighted by Crippen LogP contribution is -2.27. The molecule has 0 aliphatic heterocycles. The first-order valence-electron chi connectivity index (χ1n) is 9.10. The number of aromatic nitrogens is 4. The van der Waals surface area contributed by atoms with Crippen molar-refractivity contribution in [2.75, 3.05) is 12.8 Å². The first-order chi connectivity index (χ1) is 13.6. The Labute approximate surface area is 166 Å². The topological polar surface area (TPSA) is 77.0 Å². The number of thioether (sulfide) groups is 1. The van der Waals surface area contributed by atoms with E-state index in [0.29, 0.717) is 11.7 Å². The number of aryl methyl sites for hydroxylation is 2. The van der Waals surface area contributed by atoms with E-state index >= 15 is 0 Å². The van der Waals surface area contributed by atoms with Crippen molar-refractivity contribution in [3.8, 4) is 0 Å². The molecule has 4 rings (SSSR count). The Morgan fingerprint density at radius 2 is 2.04 bits per heavy atom. The zero-order valence-electron chi connectivity index (χ0n) is 16.0. The van der Waals surface area contributed by atoms with Gasteiger partial charge in [0.05, 0.1) is 17.8 Å². The second kappa shape index (κ2) is 7.63. The molecular weight excluding hydrogens is 374 g/mol. The highest BCUT2D eigenvalue weighted by molar-refractivity contribution is 7.99. The highest BCUT2D eigenvalue weighted by atomic mass is 32.2. The molecule has 4 aromatic rings. The number of amides is 1. The molecule has 0 spiro atoms. The smallest absolute Gasteiger partial charge is 0.233 e. The number of carbonyl (C=O) groups excluding carboxylic acids is 1. The fourth-order valence-electron chi connectivity index (χ4n) is 3.20. The van der Waals surface area contributed by atoms with Crippen LogP contribution in [0.25, 0.3) is 22.1 Å². The molecule has 28 heavy (non-hydrogen) atoms. The van der Waals surface area contributed by atoms with E-state index in [-0.39, 0.29) is 11.7 Å². The van der Waals surface area contributed by atoms with Crippen LogP contribution in [0.3, 0.4) is 0 Å². The number of para-hydroxylation sites is 1. The van der Waals surface area contributed by atoms with Gasteiger partial charge < -0.3 is 13.9 Å². The average Bonchev–Trinajstić information content (AvgIpc) is 3.25. The highest BCUT2D eigenvalue weighted by Crippen LogP contribution is 2.27. The summed E-state index contributed by atoms with van der Waals surface area (Å²) < 4.78 is 7.65. The molecule has 1 aromatic carbocycles. The van der Waals surface area contributed by atoms with Crippen LogP contribution in [0.15, 0.2) is 46.0 Å². The van der Waals surface area contributed by atoms with Gasteiger partial charge in [0.15, 0.2) is 5.65 Å². The monoisotopic (exact) mass is 395 g/mol. The summed E-state index contributed by atoms with van der Waals surface area (Å²) in [5, 5.41) is 10.1. The van der Waals surface area contributed by atoms with Crippen molar-refractivity contribution < 1.29 is 9.21 Å². The maximum Gasteiger partial charge on any atom is 0.233 e. The predicted octanol–water partition coefficient (Wildman–Crippen LogP) is 3.65. The summed E-state index contributed by atoms with van der Waals surface area (Å²) in [4.78, 5) is 18.7. The molecule has 3 aromatic heterocycles. The van der Waals surface area contributed by atoms with Crippen LogP contribution in [0.1, 0.15) is 18.4 Å². The highest BCUT2D eigenvalue weighted by Gasteiger charge is 2.16. The Morgan fingerprint density at radius 1 is 1.21 bits per heavy atom. The van der Waals surface area contributed by atoms with Crippen LogP contribution in [0.5, 0.6) is 0 Å². The fraction of sp³-hybridized carbons (Fsp3) is 0.300. The summed E-state index contributed by atoms with van der Waals surface area (Å²) in [5.41, 5.74) is 2.68. The van der Waals surface area contributed by atoms with Crippen molar-refractivity contribution in [3.63, 3.8) is 0 Å². The maximum absolute atomic E-state index is 12.4. The van der Waals surface area contributed by atoms with E-state index < -0.39 is 0 Å². The van der Waals surface area contributed by atoms with E-state index in [4.69, 9.17) is 4.42 Å². The maximum atomic E-state index is 12.4. The minimum atomic E-state index is -0.0150. The van der Waals surface area contributed by atoms with E-state index in [0.717, 1.165) is 40.1 Å². The van der Waals surface area contributed by atoms with Gasteiger partial charge in [0, 0.05) is 19.0 Å². The Bertz CT molecular complexity index is 1150. The largest absolute Gasteiger partial charge is 0.464 e. The molecule has 0 saturated carbocycles. The third-order valence-corrected chi connectivity index (χ3v) is 5.43. The fourth-order valence-corrected chi connectivity index (χ4v) is 3.92. The molecule has 3 heterocycles. The van der Waals surface area contributed by atoms with E-state index in [9.17, 15) is 4.79 Å². The van der Waals surface area contributed by atoms with Crippen LogP contribution in [0.4, 0.5) is 0 Å². The van der Waals surface area contributed by atoms with Crippen LogP contribution >= 0.6 is 11.8 Å². The molecule has 144 valence electrons. The zero-order chi connectivity index (χ0) is 19.7. The Kier molecular flexibility index (Phi) is 5.04. The molecule has 8 heteroatoms. The minimum absolute atomic E-state index is 0.0150. The molecule has 0 N–H and O–H groups in total. The van der Waals surface area contributed by atoms with Gasteiger partial charge in [-0.3, -0.25) is 4.79 Å². The molecule has 0 unspecified atom stereocenters. The van der Waals surface area contributed by atoms with Gasteiger partial charge in [-0.25, -0.2) is 4.98 Å². The number of nitrogens with zero attached hydrogens (tertiary/aromatic N) is 5. The van der Waals surface area contributed by atoms with Gasteiger partial charge in [0.1, 0.15) is 17.0 Å². The predicted molar refractivity (Wildman–Crippen MR) is 109 cm³/mol. The molecule has 1 amide bonds. The van der Waals surface area contributed by atoms with Crippen molar-refractivity contribution in [3.05, 3.63) is 47.9 Å². The van der Waals surface area contributed by atoms with Crippen molar-refractivity contribution >= 4 is 39.7 Å².